The van der Waals surface area contributed by atoms with Crippen molar-refractivity contribution in [1.82, 2.24) is 4.90 Å². The Morgan fingerprint density at radius 3 is 2.82 bits per heavy atom. The van der Waals surface area contributed by atoms with E-state index in [9.17, 15) is 0 Å². The molecule has 1 heterocycles. The van der Waals surface area contributed by atoms with Crippen LogP contribution in [0.2, 0.25) is 0 Å². The molecule has 1 aliphatic carbocycles. The van der Waals surface area contributed by atoms with E-state index in [-0.39, 0.29) is 6.61 Å². The molecule has 3 heteroatoms. The van der Waals surface area contributed by atoms with Crippen molar-refractivity contribution in [3.63, 3.8) is 0 Å². The maximum absolute atomic E-state index is 8.69. The summed E-state index contributed by atoms with van der Waals surface area (Å²) in [7, 11) is 0. The second-order valence-electron chi connectivity index (χ2n) is 5.67. The average Bonchev–Trinajstić information content (AvgIpc) is 2.35. The third kappa shape index (κ3) is 3.43. The van der Waals surface area contributed by atoms with Crippen molar-refractivity contribution >= 4 is 0 Å². The Kier molecular flexibility index (Phi) is 5.26. The zero-order chi connectivity index (χ0) is 12.1. The highest BCUT2D eigenvalue weighted by molar-refractivity contribution is 4.90. The van der Waals surface area contributed by atoms with Crippen LogP contribution in [0.3, 0.4) is 0 Å². The van der Waals surface area contributed by atoms with Gasteiger partial charge in [-0.2, -0.15) is 0 Å². The van der Waals surface area contributed by atoms with Gasteiger partial charge in [-0.3, -0.25) is 4.90 Å². The number of nitrogens with zero attached hydrogens (tertiary/aromatic N) is 1. The second-order valence-corrected chi connectivity index (χ2v) is 5.67. The van der Waals surface area contributed by atoms with Gasteiger partial charge < -0.3 is 9.84 Å². The van der Waals surface area contributed by atoms with Crippen molar-refractivity contribution in [2.75, 3.05) is 32.9 Å². The molecule has 1 N–H and O–H groups in total. The van der Waals surface area contributed by atoms with Gasteiger partial charge in [0.15, 0.2) is 0 Å². The minimum atomic E-state index is 0.141. The number of aliphatic hydroxyl groups is 1. The Labute approximate surface area is 105 Å². The molecule has 3 atom stereocenters. The summed E-state index contributed by atoms with van der Waals surface area (Å²) in [4.78, 5) is 2.65. The Morgan fingerprint density at radius 2 is 2.00 bits per heavy atom. The van der Waals surface area contributed by atoms with Crippen LogP contribution in [0, 0.1) is 11.8 Å². The van der Waals surface area contributed by atoms with E-state index in [1.165, 1.54) is 38.6 Å². The summed E-state index contributed by atoms with van der Waals surface area (Å²) in [5.41, 5.74) is 0. The molecule has 0 aromatic carbocycles. The first-order chi connectivity index (χ1) is 8.33. The summed E-state index contributed by atoms with van der Waals surface area (Å²) >= 11 is 0. The summed E-state index contributed by atoms with van der Waals surface area (Å²) in [6.45, 7) is 6.11. The van der Waals surface area contributed by atoms with Gasteiger partial charge in [0.1, 0.15) is 0 Å². The standard InChI is InChI=1S/C14H27NO2/c1-12-4-2-5-13-6-3-7-15(14(12)13)8-10-17-11-9-16/h12-14,16H,2-11H2,1H3/t12-,13+,14-/m1/s1. The Balaban J connectivity index is 1.82. The first-order valence-electron chi connectivity index (χ1n) is 7.25. The van der Waals surface area contributed by atoms with E-state index >= 15 is 0 Å². The Hall–Kier alpha value is -0.120. The van der Waals surface area contributed by atoms with Crippen molar-refractivity contribution in [3.05, 3.63) is 0 Å². The molecule has 17 heavy (non-hydrogen) atoms. The molecule has 0 unspecified atom stereocenters. The largest absolute Gasteiger partial charge is 0.394 e. The minimum Gasteiger partial charge on any atom is -0.394 e. The van der Waals surface area contributed by atoms with Gasteiger partial charge in [-0.15, -0.1) is 0 Å². The van der Waals surface area contributed by atoms with Gasteiger partial charge in [-0.25, -0.2) is 0 Å². The molecule has 1 saturated carbocycles. The van der Waals surface area contributed by atoms with Gasteiger partial charge in [0.2, 0.25) is 0 Å². The van der Waals surface area contributed by atoms with Crippen molar-refractivity contribution < 1.29 is 9.84 Å². The highest BCUT2D eigenvalue weighted by atomic mass is 16.5. The highest BCUT2D eigenvalue weighted by Gasteiger charge is 2.36. The van der Waals surface area contributed by atoms with Crippen LogP contribution in [0.5, 0.6) is 0 Å². The molecule has 0 spiro atoms. The number of ether oxygens (including phenoxy) is 1. The molecule has 0 aromatic rings. The molecular formula is C14H27NO2. The summed E-state index contributed by atoms with van der Waals surface area (Å²) in [6, 6.07) is 0.801. The van der Waals surface area contributed by atoms with Crippen molar-refractivity contribution in [2.24, 2.45) is 11.8 Å². The summed E-state index contributed by atoms with van der Waals surface area (Å²) in [5, 5.41) is 8.69. The number of rotatable bonds is 5. The minimum absolute atomic E-state index is 0.141. The predicted molar refractivity (Wildman–Crippen MR) is 69.0 cm³/mol. The molecule has 100 valence electrons. The molecule has 1 aliphatic heterocycles. The van der Waals surface area contributed by atoms with Crippen molar-refractivity contribution in [1.29, 1.82) is 0 Å². The SMILES string of the molecule is C[C@@H]1CCC[C@H]2CCCN(CCOCCO)[C@@H]21. The fourth-order valence-corrected chi connectivity index (χ4v) is 3.80. The van der Waals surface area contributed by atoms with Crippen LogP contribution in [-0.2, 0) is 4.74 Å². The molecular weight excluding hydrogens is 214 g/mol. The van der Waals surface area contributed by atoms with Gasteiger partial charge in [0.05, 0.1) is 19.8 Å². The normalized spacial score (nSPS) is 34.6. The molecule has 1 saturated heterocycles. The molecule has 0 aromatic heterocycles. The van der Waals surface area contributed by atoms with E-state index in [0.717, 1.165) is 31.0 Å². The molecule has 0 amide bonds. The van der Waals surface area contributed by atoms with E-state index in [1.54, 1.807) is 0 Å². The van der Waals surface area contributed by atoms with Crippen molar-refractivity contribution in [2.45, 2.75) is 45.1 Å². The molecule has 2 fully saturated rings. The predicted octanol–water partition coefficient (Wildman–Crippen LogP) is 1.90. The lowest BCUT2D eigenvalue weighted by Crippen LogP contribution is -2.51. The quantitative estimate of drug-likeness (QED) is 0.746. The van der Waals surface area contributed by atoms with E-state index in [2.05, 4.69) is 11.8 Å². The number of hydrogen-bond donors (Lipinski definition) is 1. The maximum Gasteiger partial charge on any atom is 0.0698 e. The topological polar surface area (TPSA) is 32.7 Å². The van der Waals surface area contributed by atoms with Crippen LogP contribution in [0.25, 0.3) is 0 Å². The number of fused-ring (bicyclic) bond motifs is 1. The van der Waals surface area contributed by atoms with E-state index in [4.69, 9.17) is 9.84 Å². The average molecular weight is 241 g/mol. The smallest absolute Gasteiger partial charge is 0.0698 e. The Bertz CT molecular complexity index is 220. The molecule has 0 bridgehead atoms. The van der Waals surface area contributed by atoms with Crippen LogP contribution in [0.15, 0.2) is 0 Å². The highest BCUT2D eigenvalue weighted by Crippen LogP contribution is 2.38. The summed E-state index contributed by atoms with van der Waals surface area (Å²) in [6.07, 6.45) is 7.05. The van der Waals surface area contributed by atoms with Crippen LogP contribution in [-0.4, -0.2) is 49.0 Å². The Morgan fingerprint density at radius 1 is 1.18 bits per heavy atom. The zero-order valence-electron chi connectivity index (χ0n) is 11.1. The lowest BCUT2D eigenvalue weighted by molar-refractivity contribution is -0.000751. The van der Waals surface area contributed by atoms with Crippen LogP contribution in [0.4, 0.5) is 0 Å². The zero-order valence-corrected chi connectivity index (χ0v) is 11.1. The molecule has 3 nitrogen and oxygen atoms in total. The van der Waals surface area contributed by atoms with Crippen molar-refractivity contribution in [3.8, 4) is 0 Å². The van der Waals surface area contributed by atoms with E-state index in [0.29, 0.717) is 6.61 Å². The van der Waals surface area contributed by atoms with Crippen LogP contribution < -0.4 is 0 Å². The monoisotopic (exact) mass is 241 g/mol. The molecule has 2 rings (SSSR count). The first kappa shape index (κ1) is 13.3. The lowest BCUT2D eigenvalue weighted by Gasteiger charge is -2.47. The fourth-order valence-electron chi connectivity index (χ4n) is 3.80. The lowest BCUT2D eigenvalue weighted by atomic mass is 9.73. The van der Waals surface area contributed by atoms with Crippen LogP contribution >= 0.6 is 0 Å². The van der Waals surface area contributed by atoms with Gasteiger partial charge in [-0.1, -0.05) is 13.3 Å². The van der Waals surface area contributed by atoms with E-state index < -0.39 is 0 Å². The third-order valence-electron chi connectivity index (χ3n) is 4.50. The summed E-state index contributed by atoms with van der Waals surface area (Å²) in [5.74, 6) is 1.79. The molecule has 0 radical (unpaired) electrons. The van der Waals surface area contributed by atoms with Gasteiger partial charge in [0.25, 0.3) is 0 Å². The fraction of sp³-hybridized carbons (Fsp3) is 1.00. The maximum atomic E-state index is 8.69. The van der Waals surface area contributed by atoms with Gasteiger partial charge in [-0.05, 0) is 44.1 Å². The molecule has 2 aliphatic rings. The van der Waals surface area contributed by atoms with E-state index in [1.807, 2.05) is 0 Å². The first-order valence-corrected chi connectivity index (χ1v) is 7.25. The second kappa shape index (κ2) is 6.72. The van der Waals surface area contributed by atoms with Crippen LogP contribution in [0.1, 0.15) is 39.0 Å². The number of aliphatic hydroxyl groups excluding tert-OH is 1. The number of piperidine rings is 1. The summed E-state index contributed by atoms with van der Waals surface area (Å²) < 4.78 is 5.41. The number of hydrogen-bond acceptors (Lipinski definition) is 3. The third-order valence-corrected chi connectivity index (χ3v) is 4.50. The van der Waals surface area contributed by atoms with Gasteiger partial charge in [0, 0.05) is 12.6 Å². The van der Waals surface area contributed by atoms with Gasteiger partial charge >= 0.3 is 0 Å². The number of likely N-dealkylation sites (tertiary alicyclic amines) is 1.